The molecule has 0 saturated carbocycles. The second kappa shape index (κ2) is 13.5. The van der Waals surface area contributed by atoms with Crippen LogP contribution in [0.15, 0.2) is 138 Å². The molecule has 0 amide bonds. The number of para-hydroxylation sites is 1. The number of nitrogens with zero attached hydrogens (tertiary/aromatic N) is 1. The molecule has 0 saturated heterocycles. The number of nitrogens with one attached hydrogen (secondary N) is 1. The third-order valence-corrected chi connectivity index (χ3v) is 17.8. The van der Waals surface area contributed by atoms with Gasteiger partial charge < -0.3 is 14.3 Å². The molecule has 0 unspecified atom stereocenters. The van der Waals surface area contributed by atoms with Gasteiger partial charge in [-0.3, -0.25) is 0 Å². The van der Waals surface area contributed by atoms with Gasteiger partial charge in [0.05, 0.1) is 5.52 Å². The standard InChI is InChI=1S/C66H60BN2O/c1-62(2,3)36-24-26-37(27-25-36)68-51-31-42-39-19-14-17-23-54(39)70-55(42)33-43(51)58-59-56(40-20-13-16-22-46(40)66(59,10)11)57-44-30-48-49(64(6,7)29-28-63(48,4)5)35-52(44)69-53-32-41-38-18-12-15-21-45(38)65(8,9)47(41)34-50(53)67-60(58)61(57)69/h12-27,30-35,68H,28-29H2,1-11H3. The molecule has 4 heteroatoms. The lowest BCUT2D eigenvalue weighted by Gasteiger charge is -2.42. The van der Waals surface area contributed by atoms with Crippen LogP contribution in [0.3, 0.4) is 0 Å². The SMILES string of the molecule is CC(C)(C)c1ccc(Nc2cc3c(cc2-c2c4c(c5c6cc7c(cc6n6c5c2[B]c2cc5c(cc2-6)-c2ccccc2C5(C)C)C(C)(C)CCC7(C)C)-c2ccccc2C4(C)C)oc2ccccc23)cc1. The second-order valence-electron chi connectivity index (χ2n) is 24.7. The van der Waals surface area contributed by atoms with E-state index in [1.54, 1.807) is 0 Å². The molecule has 1 radical (unpaired) electrons. The zero-order valence-corrected chi connectivity index (χ0v) is 42.5. The molecule has 3 nitrogen and oxygen atoms in total. The first-order chi connectivity index (χ1) is 33.3. The van der Waals surface area contributed by atoms with Crippen molar-refractivity contribution in [3.63, 3.8) is 0 Å². The Morgan fingerprint density at radius 1 is 0.543 bits per heavy atom. The van der Waals surface area contributed by atoms with Crippen LogP contribution < -0.4 is 16.2 Å². The summed E-state index contributed by atoms with van der Waals surface area (Å²) in [4.78, 5) is 0. The molecule has 343 valence electrons. The highest BCUT2D eigenvalue weighted by Crippen LogP contribution is 2.59. The highest BCUT2D eigenvalue weighted by Gasteiger charge is 2.45. The molecule has 8 aromatic carbocycles. The van der Waals surface area contributed by atoms with Crippen molar-refractivity contribution in [3.8, 4) is 39.1 Å². The van der Waals surface area contributed by atoms with E-state index in [4.69, 9.17) is 4.42 Å². The number of rotatable bonds is 3. The molecule has 3 aliphatic carbocycles. The minimum atomic E-state index is -0.333. The number of hydrogen-bond donors (Lipinski definition) is 1. The van der Waals surface area contributed by atoms with E-state index in [0.29, 0.717) is 0 Å². The van der Waals surface area contributed by atoms with E-state index in [2.05, 4.69) is 227 Å². The molecule has 4 aliphatic rings. The van der Waals surface area contributed by atoms with Crippen LogP contribution in [0.5, 0.6) is 0 Å². The molecule has 14 rings (SSSR count). The van der Waals surface area contributed by atoms with Crippen molar-refractivity contribution in [1.82, 2.24) is 4.57 Å². The summed E-state index contributed by atoms with van der Waals surface area (Å²) in [5.41, 5.74) is 27.6. The van der Waals surface area contributed by atoms with Gasteiger partial charge in [0.1, 0.15) is 11.2 Å². The molecule has 1 aliphatic heterocycles. The van der Waals surface area contributed by atoms with Crippen LogP contribution in [-0.4, -0.2) is 11.8 Å². The van der Waals surface area contributed by atoms with E-state index in [0.717, 1.165) is 51.7 Å². The van der Waals surface area contributed by atoms with Gasteiger partial charge in [0.15, 0.2) is 7.28 Å². The summed E-state index contributed by atoms with van der Waals surface area (Å²) in [6.07, 6.45) is 2.32. The van der Waals surface area contributed by atoms with Crippen LogP contribution in [0.1, 0.15) is 128 Å². The van der Waals surface area contributed by atoms with Gasteiger partial charge in [-0.15, -0.1) is 0 Å². The summed E-state index contributed by atoms with van der Waals surface area (Å²) >= 11 is 0. The van der Waals surface area contributed by atoms with E-state index in [9.17, 15) is 0 Å². The Bertz CT molecular complexity index is 3970. The number of aromatic nitrogens is 1. The fraction of sp³-hybridized carbons (Fsp3) is 0.273. The summed E-state index contributed by atoms with van der Waals surface area (Å²) in [6.45, 7) is 26.5. The van der Waals surface area contributed by atoms with E-state index in [1.165, 1.54) is 105 Å². The van der Waals surface area contributed by atoms with Crippen molar-refractivity contribution < 1.29 is 4.42 Å². The number of benzene rings is 8. The number of fused-ring (bicyclic) bond motifs is 16. The number of hydrogen-bond acceptors (Lipinski definition) is 2. The summed E-state index contributed by atoms with van der Waals surface area (Å²) in [5.74, 6) is 0. The van der Waals surface area contributed by atoms with Gasteiger partial charge in [-0.1, -0.05) is 167 Å². The van der Waals surface area contributed by atoms with Crippen LogP contribution in [-0.2, 0) is 27.1 Å². The molecular formula is C66H60BN2O. The van der Waals surface area contributed by atoms with Gasteiger partial charge in [0, 0.05) is 60.5 Å². The van der Waals surface area contributed by atoms with Crippen molar-refractivity contribution in [2.75, 3.05) is 5.32 Å². The molecule has 1 N–H and O–H groups in total. The largest absolute Gasteiger partial charge is 0.456 e. The molecule has 70 heavy (non-hydrogen) atoms. The lowest BCUT2D eigenvalue weighted by Crippen LogP contribution is -2.39. The smallest absolute Gasteiger partial charge is 0.197 e. The van der Waals surface area contributed by atoms with Crippen molar-refractivity contribution in [3.05, 3.63) is 172 Å². The summed E-state index contributed by atoms with van der Waals surface area (Å²) in [7, 11) is 2.57. The van der Waals surface area contributed by atoms with Gasteiger partial charge >= 0.3 is 0 Å². The summed E-state index contributed by atoms with van der Waals surface area (Å²) < 4.78 is 9.57. The fourth-order valence-corrected chi connectivity index (χ4v) is 13.8. The van der Waals surface area contributed by atoms with Gasteiger partial charge in [-0.05, 0) is 150 Å². The third-order valence-electron chi connectivity index (χ3n) is 17.8. The van der Waals surface area contributed by atoms with Crippen molar-refractivity contribution >= 4 is 73.3 Å². The Balaban J connectivity index is 1.17. The first-order valence-electron chi connectivity index (χ1n) is 25.6. The monoisotopic (exact) mass is 907 g/mol. The Morgan fingerprint density at radius 3 is 1.93 bits per heavy atom. The highest BCUT2D eigenvalue weighted by molar-refractivity contribution is 6.74. The Kier molecular flexibility index (Phi) is 8.15. The van der Waals surface area contributed by atoms with E-state index in [1.807, 2.05) is 0 Å². The molecule has 0 atom stereocenters. The number of furan rings is 1. The second-order valence-corrected chi connectivity index (χ2v) is 24.7. The van der Waals surface area contributed by atoms with Gasteiger partial charge in [-0.2, -0.15) is 0 Å². The molecule has 0 bridgehead atoms. The topological polar surface area (TPSA) is 30.1 Å². The zero-order valence-electron chi connectivity index (χ0n) is 42.5. The first kappa shape index (κ1) is 42.1. The summed E-state index contributed by atoms with van der Waals surface area (Å²) in [6, 6.07) is 51.0. The number of anilines is 2. The highest BCUT2D eigenvalue weighted by atomic mass is 16.3. The molecule has 10 aromatic rings. The van der Waals surface area contributed by atoms with Crippen LogP contribution in [0.4, 0.5) is 11.4 Å². The molecule has 3 heterocycles. The molecule has 0 fully saturated rings. The van der Waals surface area contributed by atoms with Crippen LogP contribution in [0.25, 0.3) is 82.8 Å². The van der Waals surface area contributed by atoms with Crippen LogP contribution in [0.2, 0.25) is 0 Å². The zero-order chi connectivity index (χ0) is 48.2. The predicted molar refractivity (Wildman–Crippen MR) is 297 cm³/mol. The maximum absolute atomic E-state index is 6.87. The van der Waals surface area contributed by atoms with E-state index in [-0.39, 0.29) is 27.1 Å². The quantitative estimate of drug-likeness (QED) is 0.179. The third kappa shape index (κ3) is 5.48. The van der Waals surface area contributed by atoms with E-state index >= 15 is 0 Å². The van der Waals surface area contributed by atoms with Gasteiger partial charge in [-0.25, -0.2) is 0 Å². The predicted octanol–water partition coefficient (Wildman–Crippen LogP) is 16.3. The Hall–Kier alpha value is -6.78. The lowest BCUT2D eigenvalue weighted by atomic mass is 9.56. The minimum Gasteiger partial charge on any atom is -0.456 e. The first-order valence-corrected chi connectivity index (χ1v) is 25.6. The molecule has 0 spiro atoms. The van der Waals surface area contributed by atoms with E-state index < -0.39 is 0 Å². The van der Waals surface area contributed by atoms with Crippen molar-refractivity contribution in [2.24, 2.45) is 0 Å². The van der Waals surface area contributed by atoms with Crippen molar-refractivity contribution in [2.45, 2.75) is 116 Å². The normalized spacial score (nSPS) is 17.2. The fourth-order valence-electron chi connectivity index (χ4n) is 13.8. The molecular weight excluding hydrogens is 848 g/mol. The van der Waals surface area contributed by atoms with Crippen LogP contribution >= 0.6 is 0 Å². The molecule has 2 aromatic heterocycles. The average Bonchev–Trinajstić information content (AvgIpc) is 4.00. The Labute approximate surface area is 413 Å². The lowest BCUT2D eigenvalue weighted by molar-refractivity contribution is 0.332. The maximum atomic E-state index is 6.87. The Morgan fingerprint density at radius 2 is 1.20 bits per heavy atom. The minimum absolute atomic E-state index is 0.0402. The van der Waals surface area contributed by atoms with Gasteiger partial charge in [0.2, 0.25) is 0 Å². The summed E-state index contributed by atoms with van der Waals surface area (Å²) in [5, 5.41) is 9.01. The van der Waals surface area contributed by atoms with Crippen LogP contribution in [0, 0.1) is 0 Å². The maximum Gasteiger partial charge on any atom is 0.197 e. The van der Waals surface area contributed by atoms with Crippen molar-refractivity contribution in [1.29, 1.82) is 0 Å². The van der Waals surface area contributed by atoms with Gasteiger partial charge in [0.25, 0.3) is 0 Å². The average molecular weight is 908 g/mol.